The first-order valence-corrected chi connectivity index (χ1v) is 16.9. The normalized spacial score (nSPS) is 22.3. The fourth-order valence-corrected chi connectivity index (χ4v) is 7.82. The molecule has 232 valence electrons. The van der Waals surface area contributed by atoms with Crippen LogP contribution in [0.2, 0.25) is 0 Å². The Morgan fingerprint density at radius 3 is 2.52 bits per heavy atom. The highest BCUT2D eigenvalue weighted by molar-refractivity contribution is 8.00. The summed E-state index contributed by atoms with van der Waals surface area (Å²) in [7, 11) is 1.90. The molecule has 0 aliphatic carbocycles. The second kappa shape index (κ2) is 16.9. The van der Waals surface area contributed by atoms with Gasteiger partial charge in [-0.25, -0.2) is 4.79 Å². The van der Waals surface area contributed by atoms with E-state index in [0.29, 0.717) is 50.3 Å². The van der Waals surface area contributed by atoms with Crippen LogP contribution in [0.4, 0.5) is 4.79 Å². The van der Waals surface area contributed by atoms with Crippen LogP contribution in [0.3, 0.4) is 0 Å². The van der Waals surface area contributed by atoms with E-state index in [1.54, 1.807) is 0 Å². The molecule has 10 heteroatoms. The van der Waals surface area contributed by atoms with Gasteiger partial charge in [0.2, 0.25) is 11.8 Å². The number of likely N-dealkylation sites (tertiary alicyclic amines) is 1. The maximum Gasteiger partial charge on any atom is 0.315 e. The highest BCUT2D eigenvalue weighted by Crippen LogP contribution is 2.33. The fraction of sp³-hybridized carbons (Fsp3) is 0.688. The lowest BCUT2D eigenvalue weighted by Crippen LogP contribution is -2.46. The van der Waals surface area contributed by atoms with E-state index in [4.69, 9.17) is 0 Å². The first-order chi connectivity index (χ1) is 20.4. The lowest BCUT2D eigenvalue weighted by Gasteiger charge is -2.37. The van der Waals surface area contributed by atoms with Crippen LogP contribution in [0.5, 0.6) is 0 Å². The van der Waals surface area contributed by atoms with E-state index >= 15 is 0 Å². The maximum atomic E-state index is 12.7. The van der Waals surface area contributed by atoms with Crippen molar-refractivity contribution in [2.24, 2.45) is 0 Å². The fourth-order valence-electron chi connectivity index (χ4n) is 6.28. The number of benzene rings is 1. The molecule has 3 saturated heterocycles. The molecule has 3 fully saturated rings. The molecule has 1 aromatic rings. The summed E-state index contributed by atoms with van der Waals surface area (Å²) in [6.45, 7) is 3.58. The Labute approximate surface area is 255 Å². The van der Waals surface area contributed by atoms with E-state index in [1.165, 1.54) is 5.56 Å². The van der Waals surface area contributed by atoms with E-state index in [0.717, 1.165) is 63.9 Å². The van der Waals surface area contributed by atoms with Crippen molar-refractivity contribution >= 4 is 35.4 Å². The van der Waals surface area contributed by atoms with Crippen LogP contribution in [-0.4, -0.2) is 95.8 Å². The highest BCUT2D eigenvalue weighted by Gasteiger charge is 2.42. The van der Waals surface area contributed by atoms with E-state index < -0.39 is 0 Å². The van der Waals surface area contributed by atoms with Gasteiger partial charge in [0.05, 0.1) is 12.1 Å². The van der Waals surface area contributed by atoms with Crippen LogP contribution < -0.4 is 16.0 Å². The zero-order valence-corrected chi connectivity index (χ0v) is 26.0. The van der Waals surface area contributed by atoms with Gasteiger partial charge in [-0.3, -0.25) is 14.4 Å². The minimum absolute atomic E-state index is 0.0505. The number of fused-ring (bicyclic) bond motifs is 1. The van der Waals surface area contributed by atoms with Gasteiger partial charge >= 0.3 is 6.03 Å². The van der Waals surface area contributed by atoms with Crippen molar-refractivity contribution < 1.29 is 19.2 Å². The summed E-state index contributed by atoms with van der Waals surface area (Å²) in [6, 6.07) is 11.2. The average Bonchev–Trinajstić information content (AvgIpc) is 3.56. The summed E-state index contributed by atoms with van der Waals surface area (Å²) >= 11 is 1.91. The Kier molecular flexibility index (Phi) is 13.0. The minimum Gasteiger partial charge on any atom is -0.356 e. The molecule has 3 aliphatic rings. The Bertz CT molecular complexity index is 1030. The number of rotatable bonds is 17. The van der Waals surface area contributed by atoms with Crippen LogP contribution >= 0.6 is 11.8 Å². The van der Waals surface area contributed by atoms with Crippen LogP contribution in [0.15, 0.2) is 30.3 Å². The molecule has 0 bridgehead atoms. The van der Waals surface area contributed by atoms with E-state index in [-0.39, 0.29) is 41.8 Å². The summed E-state index contributed by atoms with van der Waals surface area (Å²) in [4.78, 5) is 53.0. The van der Waals surface area contributed by atoms with Crippen molar-refractivity contribution in [1.29, 1.82) is 0 Å². The Morgan fingerprint density at radius 1 is 0.976 bits per heavy atom. The number of nitrogens with zero attached hydrogens (tertiary/aromatic N) is 2. The number of amides is 4. The predicted molar refractivity (Wildman–Crippen MR) is 167 cm³/mol. The van der Waals surface area contributed by atoms with Crippen molar-refractivity contribution in [2.75, 3.05) is 39.0 Å². The topological polar surface area (TPSA) is 111 Å². The SMILES string of the molecule is CN(C(=O)CCCC(=O)NCCCC(=O)CCCC[C@@H]1SC[C@@H]2NC(=O)N[C@@H]21)C1CCN(CCc2ccccc2)CC1. The number of piperidine rings is 1. The van der Waals surface area contributed by atoms with Gasteiger partial charge in [-0.15, -0.1) is 0 Å². The molecule has 3 N–H and O–H groups in total. The van der Waals surface area contributed by atoms with E-state index in [9.17, 15) is 19.2 Å². The van der Waals surface area contributed by atoms with Gasteiger partial charge in [0.15, 0.2) is 0 Å². The molecular weight excluding hydrogens is 550 g/mol. The molecule has 0 radical (unpaired) electrons. The highest BCUT2D eigenvalue weighted by atomic mass is 32.2. The lowest BCUT2D eigenvalue weighted by molar-refractivity contribution is -0.133. The molecule has 0 unspecified atom stereocenters. The number of ketones is 1. The third kappa shape index (κ3) is 10.3. The quantitative estimate of drug-likeness (QED) is 0.187. The van der Waals surface area contributed by atoms with Gasteiger partial charge in [0.1, 0.15) is 5.78 Å². The molecule has 9 nitrogen and oxygen atoms in total. The average molecular weight is 600 g/mol. The van der Waals surface area contributed by atoms with Crippen molar-refractivity contribution in [3.05, 3.63) is 35.9 Å². The largest absolute Gasteiger partial charge is 0.356 e. The molecule has 0 aromatic heterocycles. The van der Waals surface area contributed by atoms with Crippen molar-refractivity contribution in [1.82, 2.24) is 25.8 Å². The van der Waals surface area contributed by atoms with E-state index in [2.05, 4.69) is 45.1 Å². The number of carbonyl (C=O) groups excluding carboxylic acids is 4. The van der Waals surface area contributed by atoms with Crippen molar-refractivity contribution in [2.45, 2.75) is 100 Å². The zero-order chi connectivity index (χ0) is 29.7. The third-order valence-electron chi connectivity index (χ3n) is 8.94. The minimum atomic E-state index is -0.0597. The summed E-state index contributed by atoms with van der Waals surface area (Å²) < 4.78 is 0. The predicted octanol–water partition coefficient (Wildman–Crippen LogP) is 3.51. The summed E-state index contributed by atoms with van der Waals surface area (Å²) in [6.07, 6.45) is 8.90. The third-order valence-corrected chi connectivity index (χ3v) is 10.4. The van der Waals surface area contributed by atoms with Crippen molar-refractivity contribution in [3.63, 3.8) is 0 Å². The summed E-state index contributed by atoms with van der Waals surface area (Å²) in [5.41, 5.74) is 1.36. The lowest BCUT2D eigenvalue weighted by atomic mass is 10.0. The number of Topliss-reactive ketones (excluding diaryl/α,β-unsaturated/α-hetero) is 1. The summed E-state index contributed by atoms with van der Waals surface area (Å²) in [5.74, 6) is 1.27. The molecule has 3 aliphatic heterocycles. The smallest absolute Gasteiger partial charge is 0.315 e. The number of urea groups is 1. The standard InChI is InChI=1S/C32H49N5O4S/c1-36(25-17-21-37(22-18-25)20-16-24-9-3-2-4-10-24)30(40)15-7-14-29(39)33-19-8-12-26(38)11-5-6-13-28-31-27(23-42-28)34-32(41)35-31/h2-4,9-10,25,27-28,31H,5-8,11-23H2,1H3,(H,33,39)(H2,34,35,41)/t27-,28-,31-/m0/s1. The number of nitrogens with one attached hydrogen (secondary N) is 3. The van der Waals surface area contributed by atoms with Gasteiger partial charge in [-0.05, 0) is 50.5 Å². The van der Waals surface area contributed by atoms with Crippen molar-refractivity contribution in [3.8, 4) is 0 Å². The van der Waals surface area contributed by atoms with Gasteiger partial charge in [0, 0.05) is 76.0 Å². The first-order valence-electron chi connectivity index (χ1n) is 15.9. The van der Waals surface area contributed by atoms with Gasteiger partial charge in [-0.1, -0.05) is 36.8 Å². The van der Waals surface area contributed by atoms with Crippen LogP contribution in [-0.2, 0) is 20.8 Å². The molecule has 1 aromatic carbocycles. The molecule has 3 atom stereocenters. The number of thioether (sulfide) groups is 1. The van der Waals surface area contributed by atoms with Gasteiger partial charge in [0.25, 0.3) is 0 Å². The maximum absolute atomic E-state index is 12.7. The van der Waals surface area contributed by atoms with Gasteiger partial charge in [-0.2, -0.15) is 11.8 Å². The molecular formula is C32H49N5O4S. The second-order valence-corrected chi connectivity index (χ2v) is 13.3. The molecule has 3 heterocycles. The second-order valence-electron chi connectivity index (χ2n) is 12.0. The Morgan fingerprint density at radius 2 is 1.74 bits per heavy atom. The van der Waals surface area contributed by atoms with Crippen LogP contribution in [0, 0.1) is 0 Å². The molecule has 4 rings (SSSR count). The first kappa shape index (κ1) is 32.3. The van der Waals surface area contributed by atoms with Crippen LogP contribution in [0.25, 0.3) is 0 Å². The number of hydrogen-bond donors (Lipinski definition) is 3. The van der Waals surface area contributed by atoms with Crippen LogP contribution in [0.1, 0.15) is 76.2 Å². The molecule has 0 spiro atoms. The monoisotopic (exact) mass is 599 g/mol. The Balaban J connectivity index is 0.967. The zero-order valence-electron chi connectivity index (χ0n) is 25.2. The molecule has 4 amide bonds. The Hall–Kier alpha value is -2.59. The van der Waals surface area contributed by atoms with E-state index in [1.807, 2.05) is 29.8 Å². The van der Waals surface area contributed by atoms with Gasteiger partial charge < -0.3 is 25.8 Å². The molecule has 0 saturated carbocycles. The summed E-state index contributed by atoms with van der Waals surface area (Å²) in [5, 5.41) is 9.30. The number of hydrogen-bond acceptors (Lipinski definition) is 6. The molecule has 42 heavy (non-hydrogen) atoms. The number of unbranched alkanes of at least 4 members (excludes halogenated alkanes) is 1. The number of carbonyl (C=O) groups is 4.